The molecule has 0 heterocycles. The van der Waals surface area contributed by atoms with E-state index in [0.717, 1.165) is 43.6 Å². The number of benzene rings is 1. The molecule has 0 aromatic heterocycles. The average molecular weight is 559 g/mol. The summed E-state index contributed by atoms with van der Waals surface area (Å²) in [4.78, 5) is 28.0. The molecule has 1 aromatic carbocycles. The molecule has 2 amide bonds. The number of hydrogen-bond donors (Lipinski definition) is 4. The second kappa shape index (κ2) is 13.5. The predicted molar refractivity (Wildman–Crippen MR) is 139 cm³/mol. The Balaban J connectivity index is 0.00000512. The highest BCUT2D eigenvalue weighted by Crippen LogP contribution is 2.19. The Labute approximate surface area is 208 Å². The highest BCUT2D eigenvalue weighted by atomic mass is 127. The summed E-state index contributed by atoms with van der Waals surface area (Å²) >= 11 is 0. The number of hydrogen-bond acceptors (Lipinski definition) is 4. The van der Waals surface area contributed by atoms with Gasteiger partial charge in [-0.2, -0.15) is 0 Å². The third-order valence-electron chi connectivity index (χ3n) is 5.13. The lowest BCUT2D eigenvalue weighted by molar-refractivity contribution is 0.0490. The number of halogens is 1. The smallest absolute Gasteiger partial charge is 0.407 e. The van der Waals surface area contributed by atoms with Crippen molar-refractivity contribution < 1.29 is 14.3 Å². The van der Waals surface area contributed by atoms with E-state index in [2.05, 4.69) is 26.3 Å². The number of ether oxygens (including phenoxy) is 1. The summed E-state index contributed by atoms with van der Waals surface area (Å²) in [5, 5.41) is 12.4. The molecule has 2 rings (SSSR count). The van der Waals surface area contributed by atoms with Gasteiger partial charge in [-0.3, -0.25) is 9.79 Å². The number of aliphatic imine (C=N–C) groups is 1. The molecule has 180 valence electrons. The molecule has 1 saturated carbocycles. The van der Waals surface area contributed by atoms with Crippen LogP contribution in [0, 0.1) is 0 Å². The van der Waals surface area contributed by atoms with Gasteiger partial charge < -0.3 is 26.0 Å². The predicted octanol–water partition coefficient (Wildman–Crippen LogP) is 3.21. The van der Waals surface area contributed by atoms with Crippen molar-refractivity contribution >= 4 is 41.9 Å². The Kier molecular flexibility index (Phi) is 11.8. The molecule has 9 heteroatoms. The molecule has 8 nitrogen and oxygen atoms in total. The zero-order chi connectivity index (χ0) is 22.9. The van der Waals surface area contributed by atoms with Crippen molar-refractivity contribution in [2.45, 2.75) is 70.6 Å². The molecule has 0 bridgehead atoms. The van der Waals surface area contributed by atoms with Gasteiger partial charge in [0.05, 0.1) is 0 Å². The molecule has 0 unspecified atom stereocenters. The van der Waals surface area contributed by atoms with E-state index >= 15 is 0 Å². The van der Waals surface area contributed by atoms with E-state index in [0.29, 0.717) is 18.2 Å². The fourth-order valence-electron chi connectivity index (χ4n) is 3.58. The highest BCUT2D eigenvalue weighted by Gasteiger charge is 2.25. The first-order valence-corrected chi connectivity index (χ1v) is 11.0. The van der Waals surface area contributed by atoms with Gasteiger partial charge in [-0.05, 0) is 70.6 Å². The highest BCUT2D eigenvalue weighted by molar-refractivity contribution is 14.0. The Bertz CT molecular complexity index is 771. The topological polar surface area (TPSA) is 104 Å². The monoisotopic (exact) mass is 559 g/mol. The number of guanidine groups is 1. The van der Waals surface area contributed by atoms with Crippen molar-refractivity contribution in [2.75, 3.05) is 20.6 Å². The second-order valence-electron chi connectivity index (χ2n) is 8.87. The molecule has 0 spiro atoms. The van der Waals surface area contributed by atoms with Crippen molar-refractivity contribution in [1.29, 1.82) is 0 Å². The van der Waals surface area contributed by atoms with Gasteiger partial charge in [-0.15, -0.1) is 24.0 Å². The van der Waals surface area contributed by atoms with Gasteiger partial charge in [-0.25, -0.2) is 4.79 Å². The molecule has 0 radical (unpaired) electrons. The van der Waals surface area contributed by atoms with E-state index in [1.165, 1.54) is 0 Å². The van der Waals surface area contributed by atoms with Gasteiger partial charge in [0, 0.05) is 38.3 Å². The number of nitrogens with one attached hydrogen (secondary N) is 4. The van der Waals surface area contributed by atoms with Crippen molar-refractivity contribution in [1.82, 2.24) is 21.3 Å². The van der Waals surface area contributed by atoms with Gasteiger partial charge in [0.2, 0.25) is 0 Å². The normalized spacial score (nSPS) is 18.7. The van der Waals surface area contributed by atoms with Crippen LogP contribution in [0.25, 0.3) is 0 Å². The van der Waals surface area contributed by atoms with Crippen LogP contribution in [0.4, 0.5) is 4.79 Å². The van der Waals surface area contributed by atoms with Crippen molar-refractivity contribution in [3.63, 3.8) is 0 Å². The number of amides is 2. The zero-order valence-corrected chi connectivity index (χ0v) is 22.1. The van der Waals surface area contributed by atoms with Crippen LogP contribution in [0.1, 0.15) is 62.4 Å². The number of alkyl carbamates (subject to hydrolysis) is 1. The van der Waals surface area contributed by atoms with Gasteiger partial charge in [-0.1, -0.05) is 12.1 Å². The first-order valence-electron chi connectivity index (χ1n) is 11.0. The zero-order valence-electron chi connectivity index (χ0n) is 19.8. The molecule has 0 atom stereocenters. The van der Waals surface area contributed by atoms with Crippen molar-refractivity contribution in [2.24, 2.45) is 4.99 Å². The molecule has 4 N–H and O–H groups in total. The lowest BCUT2D eigenvalue weighted by atomic mass is 9.91. The fourth-order valence-corrected chi connectivity index (χ4v) is 3.58. The van der Waals surface area contributed by atoms with E-state index < -0.39 is 5.60 Å². The van der Waals surface area contributed by atoms with Crippen LogP contribution in [0.3, 0.4) is 0 Å². The molecule has 32 heavy (non-hydrogen) atoms. The molecule has 1 aliphatic rings. The third-order valence-corrected chi connectivity index (χ3v) is 5.13. The molecule has 0 saturated heterocycles. The Morgan fingerprint density at radius 2 is 1.72 bits per heavy atom. The van der Waals surface area contributed by atoms with Crippen LogP contribution < -0.4 is 21.3 Å². The number of carbonyl (C=O) groups excluding carboxylic acids is 2. The summed E-state index contributed by atoms with van der Waals surface area (Å²) in [7, 11) is 3.39. The second-order valence-corrected chi connectivity index (χ2v) is 8.87. The molecule has 1 aromatic rings. The van der Waals surface area contributed by atoms with E-state index in [1.54, 1.807) is 14.1 Å². The van der Waals surface area contributed by atoms with Crippen molar-refractivity contribution in [3.05, 3.63) is 35.4 Å². The van der Waals surface area contributed by atoms with Gasteiger partial charge in [0.1, 0.15) is 5.60 Å². The maximum absolute atomic E-state index is 11.9. The molecule has 0 aliphatic heterocycles. The molecule has 1 aliphatic carbocycles. The Morgan fingerprint density at radius 1 is 1.09 bits per heavy atom. The van der Waals surface area contributed by atoms with E-state index in [-0.39, 0.29) is 42.0 Å². The maximum Gasteiger partial charge on any atom is 0.407 e. The van der Waals surface area contributed by atoms with Crippen LogP contribution in [0.2, 0.25) is 0 Å². The standard InChI is InChI=1S/C23H37N5O3.HI/c1-23(2,3)31-22(30)28-19-11-9-18(10-12-19)27-21(25-5)26-14-13-16-7-6-8-17(15-16)20(29)24-4;/h6-8,15,18-19H,9-14H2,1-5H3,(H,24,29)(H,28,30)(H2,25,26,27);1H. The summed E-state index contributed by atoms with van der Waals surface area (Å²) in [6.07, 6.45) is 4.16. The third kappa shape index (κ3) is 10.1. The van der Waals surface area contributed by atoms with Crippen LogP contribution >= 0.6 is 24.0 Å². The van der Waals surface area contributed by atoms with Gasteiger partial charge in [0.25, 0.3) is 5.91 Å². The minimum absolute atomic E-state index is 0. The summed E-state index contributed by atoms with van der Waals surface area (Å²) in [5.41, 5.74) is 1.28. The molecule has 1 fully saturated rings. The minimum atomic E-state index is -0.481. The summed E-state index contributed by atoms with van der Waals surface area (Å²) in [5.74, 6) is 0.690. The largest absolute Gasteiger partial charge is 0.444 e. The first kappa shape index (κ1) is 28.0. The van der Waals surface area contributed by atoms with E-state index in [4.69, 9.17) is 4.74 Å². The molecular weight excluding hydrogens is 521 g/mol. The average Bonchev–Trinajstić information content (AvgIpc) is 2.72. The number of rotatable bonds is 6. The summed E-state index contributed by atoms with van der Waals surface area (Å²) in [6, 6.07) is 8.11. The summed E-state index contributed by atoms with van der Waals surface area (Å²) in [6.45, 7) is 6.31. The van der Waals surface area contributed by atoms with Crippen LogP contribution in [0.5, 0.6) is 0 Å². The van der Waals surface area contributed by atoms with Crippen LogP contribution in [-0.2, 0) is 11.2 Å². The fraction of sp³-hybridized carbons (Fsp3) is 0.609. The number of nitrogens with zero attached hydrogens (tertiary/aromatic N) is 1. The summed E-state index contributed by atoms with van der Waals surface area (Å²) < 4.78 is 5.34. The van der Waals surface area contributed by atoms with Gasteiger partial charge in [0.15, 0.2) is 5.96 Å². The van der Waals surface area contributed by atoms with Crippen LogP contribution in [-0.4, -0.2) is 56.3 Å². The molecular formula is C23H38IN5O3. The van der Waals surface area contributed by atoms with Crippen LogP contribution in [0.15, 0.2) is 29.3 Å². The Morgan fingerprint density at radius 3 is 2.28 bits per heavy atom. The minimum Gasteiger partial charge on any atom is -0.444 e. The van der Waals surface area contributed by atoms with E-state index in [9.17, 15) is 9.59 Å². The van der Waals surface area contributed by atoms with E-state index in [1.807, 2.05) is 45.0 Å². The lowest BCUT2D eigenvalue weighted by Crippen LogP contribution is -2.48. The first-order chi connectivity index (χ1) is 14.7. The Hall–Kier alpha value is -2.04. The SMILES string of the molecule is CN=C(NCCc1cccc(C(=O)NC)c1)NC1CCC(NC(=O)OC(C)(C)C)CC1.I. The quantitative estimate of drug-likeness (QED) is 0.244. The van der Waals surface area contributed by atoms with Crippen molar-refractivity contribution in [3.8, 4) is 0 Å². The van der Waals surface area contributed by atoms with Gasteiger partial charge >= 0.3 is 6.09 Å². The maximum atomic E-state index is 11.9. The number of carbonyl (C=O) groups is 2. The lowest BCUT2D eigenvalue weighted by Gasteiger charge is -2.31.